The van der Waals surface area contributed by atoms with Gasteiger partial charge in [-0.2, -0.15) is 0 Å². The molecule has 1 N–H and O–H groups in total. The standard InChI is InChI=1S/C29H34FNO5/c1-4-35-27(33)7-5-6-26-24-16-21(32)9-10-23(24)28(19-8-11-25(30)18(2)14-19)29(31-26)20-12-13-36-22(15-20)17-34-3/h8-11,14,16,20,22,32H,4-7,12-13,15,17H2,1-3H3. The number of ether oxygens (including phenoxy) is 3. The Labute approximate surface area is 211 Å². The number of hydrogen-bond donors (Lipinski definition) is 1. The number of aryl methyl sites for hydroxylation is 2. The molecule has 0 saturated carbocycles. The second-order valence-corrected chi connectivity index (χ2v) is 9.34. The average molecular weight is 496 g/mol. The number of methoxy groups -OCH3 is 1. The number of aromatic hydroxyl groups is 1. The van der Waals surface area contributed by atoms with E-state index in [-0.39, 0.29) is 29.6 Å². The summed E-state index contributed by atoms with van der Waals surface area (Å²) in [6.07, 6.45) is 3.01. The topological polar surface area (TPSA) is 77.9 Å². The number of esters is 1. The molecule has 6 nitrogen and oxygen atoms in total. The van der Waals surface area contributed by atoms with E-state index in [1.54, 1.807) is 39.2 Å². The molecule has 7 heteroatoms. The van der Waals surface area contributed by atoms with Crippen LogP contribution in [-0.4, -0.2) is 49.1 Å². The first-order valence-corrected chi connectivity index (χ1v) is 12.6. The van der Waals surface area contributed by atoms with Crippen molar-refractivity contribution in [2.24, 2.45) is 0 Å². The van der Waals surface area contributed by atoms with Crippen LogP contribution in [0.1, 0.15) is 55.5 Å². The van der Waals surface area contributed by atoms with E-state index in [2.05, 4.69) is 0 Å². The Kier molecular flexibility index (Phi) is 8.54. The maximum Gasteiger partial charge on any atom is 0.305 e. The minimum atomic E-state index is -0.253. The first kappa shape index (κ1) is 26.0. The maximum absolute atomic E-state index is 14.2. The zero-order valence-electron chi connectivity index (χ0n) is 21.2. The third kappa shape index (κ3) is 5.85. The number of rotatable bonds is 9. The van der Waals surface area contributed by atoms with Crippen LogP contribution in [0.15, 0.2) is 36.4 Å². The Balaban J connectivity index is 1.85. The Morgan fingerprint density at radius 3 is 2.81 bits per heavy atom. The normalized spacial score (nSPS) is 17.9. The lowest BCUT2D eigenvalue weighted by Crippen LogP contribution is -2.29. The highest BCUT2D eigenvalue weighted by Crippen LogP contribution is 2.41. The van der Waals surface area contributed by atoms with Crippen LogP contribution in [0, 0.1) is 12.7 Å². The molecule has 0 radical (unpaired) electrons. The first-order chi connectivity index (χ1) is 17.4. The van der Waals surface area contributed by atoms with E-state index in [9.17, 15) is 14.3 Å². The largest absolute Gasteiger partial charge is 0.508 e. The summed E-state index contributed by atoms with van der Waals surface area (Å²) in [5, 5.41) is 12.1. The molecule has 1 aliphatic rings. The Hall–Kier alpha value is -3.03. The molecule has 2 unspecified atom stereocenters. The van der Waals surface area contributed by atoms with Crippen molar-refractivity contribution >= 4 is 16.7 Å². The van der Waals surface area contributed by atoms with Crippen LogP contribution in [0.4, 0.5) is 4.39 Å². The summed E-state index contributed by atoms with van der Waals surface area (Å²) in [5.41, 5.74) is 4.17. The van der Waals surface area contributed by atoms with Crippen LogP contribution in [0.3, 0.4) is 0 Å². The SMILES string of the molecule is CCOC(=O)CCCc1nc(C2CCOC(COC)C2)c(-c2ccc(F)c(C)c2)c2ccc(O)cc12. The van der Waals surface area contributed by atoms with Crippen LogP contribution in [-0.2, 0) is 25.4 Å². The monoisotopic (exact) mass is 495 g/mol. The van der Waals surface area contributed by atoms with Gasteiger partial charge in [-0.15, -0.1) is 0 Å². The van der Waals surface area contributed by atoms with Gasteiger partial charge in [0.1, 0.15) is 11.6 Å². The zero-order valence-corrected chi connectivity index (χ0v) is 21.2. The highest BCUT2D eigenvalue weighted by molar-refractivity contribution is 5.99. The third-order valence-corrected chi connectivity index (χ3v) is 6.75. The van der Waals surface area contributed by atoms with Crippen LogP contribution in [0.5, 0.6) is 5.75 Å². The van der Waals surface area contributed by atoms with Gasteiger partial charge in [-0.25, -0.2) is 4.39 Å². The minimum absolute atomic E-state index is 0.0267. The molecule has 1 aliphatic heterocycles. The smallest absolute Gasteiger partial charge is 0.305 e. The molecule has 0 spiro atoms. The third-order valence-electron chi connectivity index (χ3n) is 6.75. The van der Waals surface area contributed by atoms with E-state index < -0.39 is 0 Å². The van der Waals surface area contributed by atoms with E-state index in [0.29, 0.717) is 44.6 Å². The average Bonchev–Trinajstić information content (AvgIpc) is 2.86. The van der Waals surface area contributed by atoms with Crippen molar-refractivity contribution in [2.75, 3.05) is 26.9 Å². The number of nitrogens with zero attached hydrogens (tertiary/aromatic N) is 1. The molecular formula is C29H34FNO5. The van der Waals surface area contributed by atoms with E-state index in [1.807, 2.05) is 12.1 Å². The lowest BCUT2D eigenvalue weighted by molar-refractivity contribution is -0.143. The first-order valence-electron chi connectivity index (χ1n) is 12.6. The number of hydrogen-bond acceptors (Lipinski definition) is 6. The van der Waals surface area contributed by atoms with Crippen LogP contribution >= 0.6 is 0 Å². The molecule has 0 aliphatic carbocycles. The maximum atomic E-state index is 14.2. The Morgan fingerprint density at radius 1 is 1.22 bits per heavy atom. The lowest BCUT2D eigenvalue weighted by Gasteiger charge is -2.31. The molecule has 2 atom stereocenters. The van der Waals surface area contributed by atoms with Crippen LogP contribution in [0.25, 0.3) is 21.9 Å². The number of benzene rings is 2. The second-order valence-electron chi connectivity index (χ2n) is 9.34. The molecular weight excluding hydrogens is 461 g/mol. The van der Waals surface area contributed by atoms with E-state index in [0.717, 1.165) is 46.1 Å². The summed E-state index contributed by atoms with van der Waals surface area (Å²) in [6.45, 7) is 5.02. The molecule has 4 rings (SSSR count). The predicted molar refractivity (Wildman–Crippen MR) is 137 cm³/mol. The van der Waals surface area contributed by atoms with Crippen molar-refractivity contribution in [3.05, 3.63) is 59.2 Å². The van der Waals surface area contributed by atoms with Gasteiger partial charge in [-0.05, 0) is 86.4 Å². The van der Waals surface area contributed by atoms with Gasteiger partial charge in [0.15, 0.2) is 0 Å². The van der Waals surface area contributed by atoms with Crippen molar-refractivity contribution in [3.63, 3.8) is 0 Å². The van der Waals surface area contributed by atoms with Crippen molar-refractivity contribution in [1.29, 1.82) is 0 Å². The van der Waals surface area contributed by atoms with Crippen molar-refractivity contribution < 1.29 is 28.5 Å². The second kappa shape index (κ2) is 11.8. The fraction of sp³-hybridized carbons (Fsp3) is 0.448. The predicted octanol–water partition coefficient (Wildman–Crippen LogP) is 5.85. The molecule has 3 aromatic rings. The molecule has 192 valence electrons. The number of carbonyl (C=O) groups excluding carboxylic acids is 1. The number of carbonyl (C=O) groups is 1. The molecule has 2 heterocycles. The van der Waals surface area contributed by atoms with Crippen molar-refractivity contribution in [2.45, 2.75) is 58.0 Å². The fourth-order valence-corrected chi connectivity index (χ4v) is 5.04. The van der Waals surface area contributed by atoms with Crippen molar-refractivity contribution in [3.8, 4) is 16.9 Å². The molecule has 2 aromatic carbocycles. The van der Waals surface area contributed by atoms with Gasteiger partial charge in [-0.1, -0.05) is 6.07 Å². The van der Waals surface area contributed by atoms with Gasteiger partial charge in [0, 0.05) is 42.7 Å². The number of halogens is 1. The van der Waals surface area contributed by atoms with E-state index >= 15 is 0 Å². The highest BCUT2D eigenvalue weighted by atomic mass is 19.1. The molecule has 1 fully saturated rings. The van der Waals surface area contributed by atoms with Crippen LogP contribution < -0.4 is 0 Å². The van der Waals surface area contributed by atoms with Gasteiger partial charge in [0.2, 0.25) is 0 Å². The Bertz CT molecular complexity index is 1230. The minimum Gasteiger partial charge on any atom is -0.508 e. The number of pyridine rings is 1. The Morgan fingerprint density at radius 2 is 2.06 bits per heavy atom. The van der Waals surface area contributed by atoms with E-state index in [1.165, 1.54) is 6.07 Å². The molecule has 0 bridgehead atoms. The van der Waals surface area contributed by atoms with Gasteiger partial charge in [0.05, 0.1) is 25.0 Å². The lowest BCUT2D eigenvalue weighted by atomic mass is 9.84. The molecule has 0 amide bonds. The highest BCUT2D eigenvalue weighted by Gasteiger charge is 2.29. The summed E-state index contributed by atoms with van der Waals surface area (Å²) in [4.78, 5) is 17.1. The molecule has 1 aromatic heterocycles. The van der Waals surface area contributed by atoms with Crippen LogP contribution in [0.2, 0.25) is 0 Å². The van der Waals surface area contributed by atoms with E-state index in [4.69, 9.17) is 19.2 Å². The number of fused-ring (bicyclic) bond motifs is 1. The summed E-state index contributed by atoms with van der Waals surface area (Å²) in [7, 11) is 1.67. The van der Waals surface area contributed by atoms with Crippen molar-refractivity contribution in [1.82, 2.24) is 4.98 Å². The molecule has 36 heavy (non-hydrogen) atoms. The van der Waals surface area contributed by atoms with Gasteiger partial charge < -0.3 is 19.3 Å². The molecule has 1 saturated heterocycles. The quantitative estimate of drug-likeness (QED) is 0.375. The summed E-state index contributed by atoms with van der Waals surface area (Å²) >= 11 is 0. The van der Waals surface area contributed by atoms with Gasteiger partial charge >= 0.3 is 5.97 Å². The van der Waals surface area contributed by atoms with Gasteiger partial charge in [-0.3, -0.25) is 9.78 Å². The number of aromatic nitrogens is 1. The van der Waals surface area contributed by atoms with Gasteiger partial charge in [0.25, 0.3) is 0 Å². The fourth-order valence-electron chi connectivity index (χ4n) is 5.04. The summed E-state index contributed by atoms with van der Waals surface area (Å²) < 4.78 is 30.5. The number of phenols is 1. The number of phenolic OH excluding ortho intramolecular Hbond substituents is 1. The summed E-state index contributed by atoms with van der Waals surface area (Å²) in [6, 6.07) is 10.4. The zero-order chi connectivity index (χ0) is 25.7. The summed E-state index contributed by atoms with van der Waals surface area (Å²) in [5.74, 6) is -0.204.